The van der Waals surface area contributed by atoms with E-state index in [1.807, 2.05) is 0 Å². The number of hydrazone groups is 1. The fraction of sp³-hybridized carbons (Fsp3) is 0.0833. The maximum absolute atomic E-state index is 12.0. The number of nitrogens with zero attached hydrogens (tertiary/aromatic N) is 3. The van der Waals surface area contributed by atoms with E-state index >= 15 is 0 Å². The molecule has 0 unspecified atom stereocenters. The smallest absolute Gasteiger partial charge is 0.406 e. The molecule has 6 nitrogen and oxygen atoms in total. The van der Waals surface area contributed by atoms with Gasteiger partial charge in [-0.1, -0.05) is 11.6 Å². The Morgan fingerprint density at radius 2 is 1.91 bits per heavy atom. The SMILES string of the molecule is Nc1nc(Cl)cc(NN=Cc2ccc(OC(F)(F)F)cc2)n1. The molecular weight excluding hydrogens is 323 g/mol. The van der Waals surface area contributed by atoms with Crippen molar-refractivity contribution in [1.82, 2.24) is 9.97 Å². The van der Waals surface area contributed by atoms with E-state index < -0.39 is 6.36 Å². The lowest BCUT2D eigenvalue weighted by molar-refractivity contribution is -0.274. The van der Waals surface area contributed by atoms with Crippen LogP contribution in [0, 0.1) is 0 Å². The van der Waals surface area contributed by atoms with Gasteiger partial charge in [0, 0.05) is 6.07 Å². The van der Waals surface area contributed by atoms with E-state index in [4.69, 9.17) is 17.3 Å². The van der Waals surface area contributed by atoms with Crippen molar-refractivity contribution in [3.05, 3.63) is 41.0 Å². The summed E-state index contributed by atoms with van der Waals surface area (Å²) in [5.41, 5.74) is 8.53. The number of hydrogen-bond acceptors (Lipinski definition) is 6. The molecule has 0 saturated heterocycles. The maximum Gasteiger partial charge on any atom is 0.573 e. The average molecular weight is 332 g/mol. The highest BCUT2D eigenvalue weighted by Crippen LogP contribution is 2.22. The van der Waals surface area contributed by atoms with Gasteiger partial charge < -0.3 is 10.5 Å². The van der Waals surface area contributed by atoms with Crippen LogP contribution in [0.15, 0.2) is 35.4 Å². The third-order valence-electron chi connectivity index (χ3n) is 2.22. The topological polar surface area (TPSA) is 85.4 Å². The minimum Gasteiger partial charge on any atom is -0.406 e. The summed E-state index contributed by atoms with van der Waals surface area (Å²) >= 11 is 5.69. The van der Waals surface area contributed by atoms with E-state index in [1.54, 1.807) is 0 Å². The highest BCUT2D eigenvalue weighted by atomic mass is 35.5. The zero-order valence-corrected chi connectivity index (χ0v) is 11.6. The normalized spacial score (nSPS) is 11.6. The van der Waals surface area contributed by atoms with Crippen LogP contribution < -0.4 is 15.9 Å². The lowest BCUT2D eigenvalue weighted by Gasteiger charge is -2.08. The highest BCUT2D eigenvalue weighted by molar-refractivity contribution is 6.29. The summed E-state index contributed by atoms with van der Waals surface area (Å²) in [5, 5.41) is 4.01. The number of anilines is 2. The second-order valence-electron chi connectivity index (χ2n) is 3.92. The van der Waals surface area contributed by atoms with Crippen LogP contribution in [0.1, 0.15) is 5.56 Å². The number of nitrogens with one attached hydrogen (secondary N) is 1. The summed E-state index contributed by atoms with van der Waals surface area (Å²) in [4.78, 5) is 7.51. The van der Waals surface area contributed by atoms with Crippen LogP contribution in [0.3, 0.4) is 0 Å². The van der Waals surface area contributed by atoms with Crippen molar-refractivity contribution in [3.8, 4) is 5.75 Å². The minimum atomic E-state index is -4.72. The van der Waals surface area contributed by atoms with Crippen molar-refractivity contribution in [2.75, 3.05) is 11.2 Å². The quantitative estimate of drug-likeness (QED) is 0.511. The molecule has 1 aromatic heterocycles. The second-order valence-corrected chi connectivity index (χ2v) is 4.31. The van der Waals surface area contributed by atoms with E-state index in [9.17, 15) is 13.2 Å². The van der Waals surface area contributed by atoms with E-state index in [0.29, 0.717) is 5.56 Å². The largest absolute Gasteiger partial charge is 0.573 e. The van der Waals surface area contributed by atoms with Gasteiger partial charge >= 0.3 is 6.36 Å². The Kier molecular flexibility index (Phi) is 4.66. The monoisotopic (exact) mass is 331 g/mol. The van der Waals surface area contributed by atoms with Crippen LogP contribution in [0.4, 0.5) is 24.9 Å². The molecule has 0 aliphatic heterocycles. The van der Waals surface area contributed by atoms with Gasteiger partial charge in [0.15, 0.2) is 5.82 Å². The Labute approximate surface area is 127 Å². The van der Waals surface area contributed by atoms with Crippen LogP contribution >= 0.6 is 11.6 Å². The number of aromatic nitrogens is 2. The van der Waals surface area contributed by atoms with Gasteiger partial charge in [-0.05, 0) is 29.8 Å². The standard InChI is InChI=1S/C12H9ClF3N5O/c13-9-5-10(20-11(17)19-9)21-18-6-7-1-3-8(4-2-7)22-12(14,15)16/h1-6H,(H3,17,19,20,21). The summed E-state index contributed by atoms with van der Waals surface area (Å²) < 4.78 is 39.8. The molecule has 0 spiro atoms. The van der Waals surface area contributed by atoms with Gasteiger partial charge in [-0.15, -0.1) is 13.2 Å². The summed E-state index contributed by atoms with van der Waals surface area (Å²) in [5.74, 6) is -0.0439. The zero-order chi connectivity index (χ0) is 16.2. The van der Waals surface area contributed by atoms with E-state index in [0.717, 1.165) is 0 Å². The van der Waals surface area contributed by atoms with Crippen LogP contribution in [0.2, 0.25) is 5.15 Å². The van der Waals surface area contributed by atoms with Crippen molar-refractivity contribution in [2.45, 2.75) is 6.36 Å². The summed E-state index contributed by atoms with van der Waals surface area (Å²) in [6.45, 7) is 0. The first-order valence-corrected chi connectivity index (χ1v) is 6.14. The van der Waals surface area contributed by atoms with Crippen molar-refractivity contribution in [3.63, 3.8) is 0 Å². The van der Waals surface area contributed by atoms with Crippen molar-refractivity contribution >= 4 is 29.6 Å². The summed E-state index contributed by atoms with van der Waals surface area (Å²) in [7, 11) is 0. The number of nitrogen functional groups attached to an aromatic ring is 1. The first kappa shape index (κ1) is 15.8. The third-order valence-corrected chi connectivity index (χ3v) is 2.41. The molecule has 0 aliphatic rings. The predicted molar refractivity (Wildman–Crippen MR) is 75.8 cm³/mol. The van der Waals surface area contributed by atoms with Gasteiger partial charge in [0.1, 0.15) is 10.9 Å². The first-order valence-electron chi connectivity index (χ1n) is 5.77. The van der Waals surface area contributed by atoms with Gasteiger partial charge in [0.25, 0.3) is 0 Å². The van der Waals surface area contributed by atoms with Gasteiger partial charge in [-0.2, -0.15) is 10.1 Å². The fourth-order valence-corrected chi connectivity index (χ4v) is 1.61. The summed E-state index contributed by atoms with van der Waals surface area (Å²) in [6.07, 6.45) is -3.34. The molecule has 0 aliphatic carbocycles. The molecule has 2 aromatic rings. The molecule has 0 atom stereocenters. The van der Waals surface area contributed by atoms with E-state index in [-0.39, 0.29) is 22.7 Å². The molecule has 0 fully saturated rings. The molecule has 10 heteroatoms. The minimum absolute atomic E-state index is 0.0150. The molecule has 1 heterocycles. The Morgan fingerprint density at radius 3 is 2.50 bits per heavy atom. The van der Waals surface area contributed by atoms with Crippen LogP contribution in [0.5, 0.6) is 5.75 Å². The van der Waals surface area contributed by atoms with Gasteiger partial charge in [0.2, 0.25) is 5.95 Å². The number of ether oxygens (including phenoxy) is 1. The number of alkyl halides is 3. The van der Waals surface area contributed by atoms with Gasteiger partial charge in [0.05, 0.1) is 6.21 Å². The molecule has 2 rings (SSSR count). The molecule has 3 N–H and O–H groups in total. The van der Waals surface area contributed by atoms with E-state index in [1.165, 1.54) is 36.5 Å². The predicted octanol–water partition coefficient (Wildman–Crippen LogP) is 3.06. The van der Waals surface area contributed by atoms with Crippen LogP contribution in [-0.2, 0) is 0 Å². The van der Waals surface area contributed by atoms with Gasteiger partial charge in [-0.3, -0.25) is 5.43 Å². The number of nitrogens with two attached hydrogens (primary N) is 1. The van der Waals surface area contributed by atoms with Crippen molar-refractivity contribution in [1.29, 1.82) is 0 Å². The van der Waals surface area contributed by atoms with Crippen molar-refractivity contribution in [2.24, 2.45) is 5.10 Å². The fourth-order valence-electron chi connectivity index (χ4n) is 1.42. The summed E-state index contributed by atoms with van der Waals surface area (Å²) in [6, 6.07) is 6.58. The average Bonchev–Trinajstić information content (AvgIpc) is 2.38. The molecule has 0 saturated carbocycles. The van der Waals surface area contributed by atoms with Crippen LogP contribution in [-0.4, -0.2) is 22.5 Å². The molecule has 22 heavy (non-hydrogen) atoms. The molecular formula is C12H9ClF3N5O. The molecule has 0 amide bonds. The van der Waals surface area contributed by atoms with Crippen LogP contribution in [0.25, 0.3) is 0 Å². The zero-order valence-electron chi connectivity index (χ0n) is 10.8. The van der Waals surface area contributed by atoms with Crippen molar-refractivity contribution < 1.29 is 17.9 Å². The number of hydrogen-bond donors (Lipinski definition) is 2. The number of rotatable bonds is 4. The molecule has 1 aromatic carbocycles. The first-order chi connectivity index (χ1) is 10.3. The lowest BCUT2D eigenvalue weighted by atomic mass is 10.2. The lowest BCUT2D eigenvalue weighted by Crippen LogP contribution is -2.17. The maximum atomic E-state index is 12.0. The Balaban J connectivity index is 1.98. The number of benzene rings is 1. The van der Waals surface area contributed by atoms with Gasteiger partial charge in [-0.25, -0.2) is 4.98 Å². The second kappa shape index (κ2) is 6.48. The highest BCUT2D eigenvalue weighted by Gasteiger charge is 2.30. The molecule has 116 valence electrons. The Bertz CT molecular complexity index is 655. The molecule has 0 radical (unpaired) electrons. The Hall–Kier alpha value is -2.55. The third kappa shape index (κ3) is 5.09. The van der Waals surface area contributed by atoms with E-state index in [2.05, 4.69) is 25.2 Å². The number of halogens is 4. The Morgan fingerprint density at radius 1 is 1.23 bits per heavy atom. The molecule has 0 bridgehead atoms.